The van der Waals surface area contributed by atoms with Gasteiger partial charge in [-0.05, 0) is 49.3 Å². The minimum absolute atomic E-state index is 0.0329. The largest absolute Gasteiger partial charge is 0.395 e. The molecule has 3 N–H and O–H groups in total. The maximum absolute atomic E-state index is 11.9. The van der Waals surface area contributed by atoms with Gasteiger partial charge in [0, 0.05) is 23.8 Å². The summed E-state index contributed by atoms with van der Waals surface area (Å²) in [5, 5.41) is 15.0. The molecule has 4 nitrogen and oxygen atoms in total. The molecule has 0 aliphatic heterocycles. The van der Waals surface area contributed by atoms with Crippen LogP contribution in [-0.2, 0) is 0 Å². The van der Waals surface area contributed by atoms with Crippen molar-refractivity contribution in [2.75, 3.05) is 18.5 Å². The van der Waals surface area contributed by atoms with Crippen molar-refractivity contribution in [3.63, 3.8) is 0 Å². The standard InChI is InChI=1S/C16H22N2O2/c19-7-6-17-16(20)13-2-1-3-14(10-13)18-15-9-11-4-5-12(15)8-11/h1-3,10-12,15,18-19H,4-9H2,(H,17,20). The average Bonchev–Trinajstić information content (AvgIpc) is 3.07. The lowest BCUT2D eigenvalue weighted by atomic mass is 9.95. The van der Waals surface area contributed by atoms with Crippen molar-refractivity contribution in [2.24, 2.45) is 11.8 Å². The van der Waals surface area contributed by atoms with E-state index in [1.165, 1.54) is 25.7 Å². The number of fused-ring (bicyclic) bond motifs is 2. The molecule has 4 heteroatoms. The van der Waals surface area contributed by atoms with Crippen LogP contribution in [0.2, 0.25) is 0 Å². The molecule has 108 valence electrons. The lowest BCUT2D eigenvalue weighted by Crippen LogP contribution is -2.27. The van der Waals surface area contributed by atoms with Crippen molar-refractivity contribution >= 4 is 11.6 Å². The molecule has 1 aromatic carbocycles. The van der Waals surface area contributed by atoms with Crippen LogP contribution in [0.3, 0.4) is 0 Å². The first kappa shape index (κ1) is 13.4. The summed E-state index contributed by atoms with van der Waals surface area (Å²) in [6.45, 7) is 0.262. The van der Waals surface area contributed by atoms with Gasteiger partial charge in [0.15, 0.2) is 0 Å². The number of aliphatic hydroxyl groups excluding tert-OH is 1. The van der Waals surface area contributed by atoms with Gasteiger partial charge in [0.1, 0.15) is 0 Å². The van der Waals surface area contributed by atoms with E-state index in [4.69, 9.17) is 5.11 Å². The van der Waals surface area contributed by atoms with Gasteiger partial charge >= 0.3 is 0 Å². The van der Waals surface area contributed by atoms with Crippen LogP contribution in [0.25, 0.3) is 0 Å². The second-order valence-corrected chi connectivity index (χ2v) is 5.99. The number of carbonyl (C=O) groups excluding carboxylic acids is 1. The van der Waals surface area contributed by atoms with E-state index in [0.29, 0.717) is 18.2 Å². The van der Waals surface area contributed by atoms with Crippen LogP contribution in [0.4, 0.5) is 5.69 Å². The third-order valence-electron chi connectivity index (χ3n) is 4.61. The highest BCUT2D eigenvalue weighted by molar-refractivity contribution is 5.95. The molecule has 0 aromatic heterocycles. The highest BCUT2D eigenvalue weighted by atomic mass is 16.3. The van der Waals surface area contributed by atoms with Gasteiger partial charge in [0.25, 0.3) is 5.91 Å². The topological polar surface area (TPSA) is 61.4 Å². The summed E-state index contributed by atoms with van der Waals surface area (Å²) in [5.74, 6) is 1.59. The van der Waals surface area contributed by atoms with E-state index in [-0.39, 0.29) is 12.5 Å². The van der Waals surface area contributed by atoms with Crippen molar-refractivity contribution in [3.8, 4) is 0 Å². The Hall–Kier alpha value is -1.55. The predicted octanol–water partition coefficient (Wildman–Crippen LogP) is 2.01. The van der Waals surface area contributed by atoms with E-state index in [0.717, 1.165) is 17.5 Å². The van der Waals surface area contributed by atoms with Crippen molar-refractivity contribution in [2.45, 2.75) is 31.7 Å². The maximum Gasteiger partial charge on any atom is 0.251 e. The highest BCUT2D eigenvalue weighted by Crippen LogP contribution is 2.45. The number of aliphatic hydroxyl groups is 1. The van der Waals surface area contributed by atoms with Gasteiger partial charge in [-0.1, -0.05) is 12.5 Å². The van der Waals surface area contributed by atoms with E-state index in [2.05, 4.69) is 10.6 Å². The Morgan fingerprint density at radius 2 is 2.20 bits per heavy atom. The summed E-state index contributed by atoms with van der Waals surface area (Å²) >= 11 is 0. The third kappa shape index (κ3) is 2.80. The minimum atomic E-state index is -0.129. The van der Waals surface area contributed by atoms with Crippen LogP contribution >= 0.6 is 0 Å². The van der Waals surface area contributed by atoms with Gasteiger partial charge in [0.2, 0.25) is 0 Å². The van der Waals surface area contributed by atoms with Crippen LogP contribution in [-0.4, -0.2) is 30.2 Å². The summed E-state index contributed by atoms with van der Waals surface area (Å²) in [6, 6.07) is 8.21. The smallest absolute Gasteiger partial charge is 0.251 e. The molecule has 2 saturated carbocycles. The van der Waals surface area contributed by atoms with Crippen molar-refractivity contribution in [1.29, 1.82) is 0 Å². The zero-order valence-corrected chi connectivity index (χ0v) is 11.6. The van der Waals surface area contributed by atoms with Crippen LogP contribution in [0, 0.1) is 11.8 Å². The molecule has 3 atom stereocenters. The molecule has 0 radical (unpaired) electrons. The average molecular weight is 274 g/mol. The summed E-state index contributed by atoms with van der Waals surface area (Å²) in [6.07, 6.45) is 5.38. The molecule has 3 unspecified atom stereocenters. The molecule has 2 bridgehead atoms. The van der Waals surface area contributed by atoms with Gasteiger partial charge in [-0.15, -0.1) is 0 Å². The molecular formula is C16H22N2O2. The monoisotopic (exact) mass is 274 g/mol. The van der Waals surface area contributed by atoms with Crippen molar-refractivity contribution in [1.82, 2.24) is 5.32 Å². The van der Waals surface area contributed by atoms with E-state index < -0.39 is 0 Å². The second kappa shape index (κ2) is 5.83. The number of benzene rings is 1. The maximum atomic E-state index is 11.9. The summed E-state index contributed by atoms with van der Waals surface area (Å²) < 4.78 is 0. The van der Waals surface area contributed by atoms with Gasteiger partial charge in [-0.25, -0.2) is 0 Å². The molecule has 0 heterocycles. The lowest BCUT2D eigenvalue weighted by Gasteiger charge is -2.24. The van der Waals surface area contributed by atoms with Gasteiger partial charge in [0.05, 0.1) is 6.61 Å². The number of carbonyl (C=O) groups is 1. The van der Waals surface area contributed by atoms with E-state index >= 15 is 0 Å². The van der Waals surface area contributed by atoms with Crippen LogP contribution in [0.15, 0.2) is 24.3 Å². The number of hydrogen-bond donors (Lipinski definition) is 3. The fraction of sp³-hybridized carbons (Fsp3) is 0.562. The van der Waals surface area contributed by atoms with E-state index in [1.54, 1.807) is 6.07 Å². The molecule has 0 spiro atoms. The zero-order chi connectivity index (χ0) is 13.9. The number of anilines is 1. The first-order chi connectivity index (χ1) is 9.76. The highest BCUT2D eigenvalue weighted by Gasteiger charge is 2.39. The zero-order valence-electron chi connectivity index (χ0n) is 11.6. The summed E-state index contributed by atoms with van der Waals surface area (Å²) in [4.78, 5) is 11.9. The quantitative estimate of drug-likeness (QED) is 0.769. The lowest BCUT2D eigenvalue weighted by molar-refractivity contribution is 0.0945. The molecule has 0 saturated heterocycles. The molecule has 1 amide bonds. The van der Waals surface area contributed by atoms with Gasteiger partial charge in [-0.2, -0.15) is 0 Å². The van der Waals surface area contributed by atoms with Gasteiger partial charge < -0.3 is 15.7 Å². The second-order valence-electron chi connectivity index (χ2n) is 5.99. The fourth-order valence-corrected chi connectivity index (χ4v) is 3.66. The molecule has 3 rings (SSSR count). The Kier molecular flexibility index (Phi) is 3.92. The van der Waals surface area contributed by atoms with Crippen LogP contribution < -0.4 is 10.6 Å². The molecule has 1 aromatic rings. The third-order valence-corrected chi connectivity index (χ3v) is 4.61. The molecular weight excluding hydrogens is 252 g/mol. The van der Waals surface area contributed by atoms with Crippen molar-refractivity contribution in [3.05, 3.63) is 29.8 Å². The molecule has 2 aliphatic carbocycles. The Balaban J connectivity index is 1.64. The van der Waals surface area contributed by atoms with E-state index in [9.17, 15) is 4.79 Å². The first-order valence-corrected chi connectivity index (χ1v) is 7.52. The predicted molar refractivity (Wildman–Crippen MR) is 78.7 cm³/mol. The number of rotatable bonds is 5. The Morgan fingerprint density at radius 1 is 1.30 bits per heavy atom. The summed E-state index contributed by atoms with van der Waals surface area (Å²) in [5.41, 5.74) is 1.67. The summed E-state index contributed by atoms with van der Waals surface area (Å²) in [7, 11) is 0. The molecule has 2 aliphatic rings. The van der Waals surface area contributed by atoms with E-state index in [1.807, 2.05) is 18.2 Å². The van der Waals surface area contributed by atoms with Crippen molar-refractivity contribution < 1.29 is 9.90 Å². The minimum Gasteiger partial charge on any atom is -0.395 e. The van der Waals surface area contributed by atoms with Crippen LogP contribution in [0.1, 0.15) is 36.0 Å². The SMILES string of the molecule is O=C(NCCO)c1cccc(NC2CC3CCC2C3)c1. The fourth-order valence-electron chi connectivity index (χ4n) is 3.66. The first-order valence-electron chi connectivity index (χ1n) is 7.52. The Labute approximate surface area is 119 Å². The Morgan fingerprint density at radius 3 is 2.90 bits per heavy atom. The number of amides is 1. The number of hydrogen-bond acceptors (Lipinski definition) is 3. The molecule has 20 heavy (non-hydrogen) atoms. The van der Waals surface area contributed by atoms with Crippen LogP contribution in [0.5, 0.6) is 0 Å². The normalized spacial score (nSPS) is 27.6. The number of nitrogens with one attached hydrogen (secondary N) is 2. The Bertz CT molecular complexity index is 489. The molecule has 2 fully saturated rings. The van der Waals surface area contributed by atoms with Gasteiger partial charge in [-0.3, -0.25) is 4.79 Å².